The van der Waals surface area contributed by atoms with Crippen LogP contribution < -0.4 is 5.73 Å². The van der Waals surface area contributed by atoms with E-state index in [0.717, 1.165) is 43.9 Å². The third kappa shape index (κ3) is 3.71. The molecule has 0 amide bonds. The van der Waals surface area contributed by atoms with Gasteiger partial charge in [-0.2, -0.15) is 0 Å². The highest BCUT2D eigenvalue weighted by Gasteiger charge is 2.41. The summed E-state index contributed by atoms with van der Waals surface area (Å²) in [6.45, 7) is 6.20. The first-order valence-electron chi connectivity index (χ1n) is 7.13. The zero-order valence-electron chi connectivity index (χ0n) is 12.0. The van der Waals surface area contributed by atoms with Crippen molar-refractivity contribution in [1.29, 1.82) is 0 Å². The molecule has 1 fully saturated rings. The smallest absolute Gasteiger partial charge is 0.0745 e. The molecule has 2 nitrogen and oxygen atoms in total. The summed E-state index contributed by atoms with van der Waals surface area (Å²) in [6, 6.07) is 8.20. The molecule has 0 saturated carbocycles. The van der Waals surface area contributed by atoms with Crippen molar-refractivity contribution >= 4 is 11.6 Å². The van der Waals surface area contributed by atoms with Gasteiger partial charge in [0.15, 0.2) is 0 Å². The summed E-state index contributed by atoms with van der Waals surface area (Å²) in [4.78, 5) is 0. The molecule has 0 spiro atoms. The molecule has 0 radical (unpaired) electrons. The molecular weight excluding hydrogens is 258 g/mol. The Morgan fingerprint density at radius 3 is 2.68 bits per heavy atom. The Labute approximate surface area is 121 Å². The molecule has 1 aliphatic heterocycles. The summed E-state index contributed by atoms with van der Waals surface area (Å²) in [5, 5.41) is 0.884. The van der Waals surface area contributed by atoms with Crippen LogP contribution in [0.3, 0.4) is 0 Å². The lowest BCUT2D eigenvalue weighted by Crippen LogP contribution is -2.54. The molecule has 0 aromatic heterocycles. The van der Waals surface area contributed by atoms with E-state index in [9.17, 15) is 0 Å². The predicted octanol–water partition coefficient (Wildman–Crippen LogP) is 3.09. The van der Waals surface area contributed by atoms with Crippen molar-refractivity contribution in [2.45, 2.75) is 45.1 Å². The van der Waals surface area contributed by atoms with Gasteiger partial charge >= 0.3 is 0 Å². The standard InChI is InChI=1S/C16H24ClNO/c1-15(2)12-16(7-9-18,8-10-19-15)11-13-5-3-4-6-14(13)17/h3-6H,7-12,18H2,1-2H3/p+1/t16-/m1/s1. The van der Waals surface area contributed by atoms with Crippen molar-refractivity contribution in [1.82, 2.24) is 0 Å². The molecule has 1 atom stereocenters. The monoisotopic (exact) mass is 282 g/mol. The first kappa shape index (κ1) is 14.8. The second-order valence-electron chi connectivity index (χ2n) is 6.41. The molecule has 3 N–H and O–H groups in total. The molecule has 106 valence electrons. The van der Waals surface area contributed by atoms with Crippen LogP contribution in [0.2, 0.25) is 5.02 Å². The van der Waals surface area contributed by atoms with Crippen LogP contribution in [0.5, 0.6) is 0 Å². The van der Waals surface area contributed by atoms with Gasteiger partial charge in [0.1, 0.15) is 0 Å². The summed E-state index contributed by atoms with van der Waals surface area (Å²) in [5.41, 5.74) is 5.58. The van der Waals surface area contributed by atoms with Crippen molar-refractivity contribution < 1.29 is 10.5 Å². The summed E-state index contributed by atoms with van der Waals surface area (Å²) < 4.78 is 5.88. The Bertz CT molecular complexity index is 429. The molecule has 1 saturated heterocycles. The molecular formula is C16H25ClNO+. The maximum absolute atomic E-state index is 6.33. The summed E-state index contributed by atoms with van der Waals surface area (Å²) in [6.07, 6.45) is 4.37. The van der Waals surface area contributed by atoms with Gasteiger partial charge in [-0.3, -0.25) is 0 Å². The zero-order chi connectivity index (χ0) is 13.9. The van der Waals surface area contributed by atoms with Gasteiger partial charge in [0, 0.05) is 18.1 Å². The highest BCUT2D eigenvalue weighted by atomic mass is 35.5. The number of hydrogen-bond donors (Lipinski definition) is 1. The molecule has 0 aliphatic carbocycles. The average Bonchev–Trinajstić information content (AvgIpc) is 2.31. The molecule has 19 heavy (non-hydrogen) atoms. The summed E-state index contributed by atoms with van der Waals surface area (Å²) >= 11 is 6.33. The Hall–Kier alpha value is -0.570. The van der Waals surface area contributed by atoms with Gasteiger partial charge in [-0.1, -0.05) is 29.8 Å². The molecule has 2 rings (SSSR count). The van der Waals surface area contributed by atoms with Gasteiger partial charge in [-0.15, -0.1) is 0 Å². The van der Waals surface area contributed by atoms with Gasteiger partial charge in [-0.05, 0) is 50.2 Å². The quantitative estimate of drug-likeness (QED) is 0.905. The maximum atomic E-state index is 6.33. The maximum Gasteiger partial charge on any atom is 0.0745 e. The van der Waals surface area contributed by atoms with Crippen molar-refractivity contribution in [3.05, 3.63) is 34.9 Å². The van der Waals surface area contributed by atoms with Gasteiger partial charge in [0.25, 0.3) is 0 Å². The van der Waals surface area contributed by atoms with E-state index in [1.165, 1.54) is 5.56 Å². The van der Waals surface area contributed by atoms with Crippen LogP contribution in [0.15, 0.2) is 24.3 Å². The Balaban J connectivity index is 2.22. The number of rotatable bonds is 4. The van der Waals surface area contributed by atoms with Crippen molar-refractivity contribution in [3.8, 4) is 0 Å². The zero-order valence-corrected chi connectivity index (χ0v) is 12.8. The normalized spacial score (nSPS) is 26.3. The van der Waals surface area contributed by atoms with Crippen LogP contribution in [-0.4, -0.2) is 18.8 Å². The fourth-order valence-corrected chi connectivity index (χ4v) is 3.66. The molecule has 0 bridgehead atoms. The lowest BCUT2D eigenvalue weighted by molar-refractivity contribution is -0.374. The van der Waals surface area contributed by atoms with Gasteiger partial charge < -0.3 is 10.5 Å². The SMILES string of the molecule is CC1(C)C[C@@](CC[NH3+])(Cc2ccccc2Cl)CCO1. The Kier molecular flexibility index (Phi) is 4.54. The largest absolute Gasteiger partial charge is 0.376 e. The Morgan fingerprint density at radius 2 is 2.05 bits per heavy atom. The van der Waals surface area contributed by atoms with E-state index < -0.39 is 0 Å². The van der Waals surface area contributed by atoms with Crippen LogP contribution in [-0.2, 0) is 11.2 Å². The third-order valence-electron chi connectivity index (χ3n) is 4.16. The van der Waals surface area contributed by atoms with E-state index in [1.54, 1.807) is 0 Å². The van der Waals surface area contributed by atoms with Crippen LogP contribution in [0.25, 0.3) is 0 Å². The van der Waals surface area contributed by atoms with E-state index >= 15 is 0 Å². The van der Waals surface area contributed by atoms with Gasteiger partial charge in [0.2, 0.25) is 0 Å². The van der Waals surface area contributed by atoms with E-state index in [1.807, 2.05) is 12.1 Å². The summed E-state index contributed by atoms with van der Waals surface area (Å²) in [7, 11) is 0. The second kappa shape index (κ2) is 5.82. The fourth-order valence-electron chi connectivity index (χ4n) is 3.46. The van der Waals surface area contributed by atoms with E-state index in [-0.39, 0.29) is 11.0 Å². The van der Waals surface area contributed by atoms with E-state index in [2.05, 4.69) is 31.7 Å². The van der Waals surface area contributed by atoms with Crippen molar-refractivity contribution in [2.24, 2.45) is 5.41 Å². The highest BCUT2D eigenvalue weighted by molar-refractivity contribution is 6.31. The predicted molar refractivity (Wildman–Crippen MR) is 79.2 cm³/mol. The lowest BCUT2D eigenvalue weighted by Gasteiger charge is -2.45. The molecule has 3 heteroatoms. The van der Waals surface area contributed by atoms with Crippen LogP contribution in [0.4, 0.5) is 0 Å². The first-order valence-corrected chi connectivity index (χ1v) is 7.51. The van der Waals surface area contributed by atoms with Crippen LogP contribution >= 0.6 is 11.6 Å². The van der Waals surface area contributed by atoms with Gasteiger partial charge in [0.05, 0.1) is 12.1 Å². The second-order valence-corrected chi connectivity index (χ2v) is 6.81. The average molecular weight is 283 g/mol. The first-order chi connectivity index (χ1) is 8.96. The minimum Gasteiger partial charge on any atom is -0.376 e. The number of hydrogen-bond acceptors (Lipinski definition) is 1. The number of quaternary nitrogens is 1. The van der Waals surface area contributed by atoms with Crippen molar-refractivity contribution in [3.63, 3.8) is 0 Å². The number of benzene rings is 1. The van der Waals surface area contributed by atoms with Crippen molar-refractivity contribution in [2.75, 3.05) is 13.2 Å². The fraction of sp³-hybridized carbons (Fsp3) is 0.625. The molecule has 1 heterocycles. The molecule has 1 aromatic rings. The topological polar surface area (TPSA) is 36.9 Å². The summed E-state index contributed by atoms with van der Waals surface area (Å²) in [5.74, 6) is 0. The Morgan fingerprint density at radius 1 is 1.32 bits per heavy atom. The minimum atomic E-state index is -0.0331. The van der Waals surface area contributed by atoms with Crippen LogP contribution in [0, 0.1) is 5.41 Å². The lowest BCUT2D eigenvalue weighted by atomic mass is 9.68. The van der Waals surface area contributed by atoms with E-state index in [0.29, 0.717) is 0 Å². The number of halogens is 1. The van der Waals surface area contributed by atoms with E-state index in [4.69, 9.17) is 16.3 Å². The molecule has 1 aliphatic rings. The minimum absolute atomic E-state index is 0.0331. The molecule has 0 unspecified atom stereocenters. The van der Waals surface area contributed by atoms with Crippen LogP contribution in [0.1, 0.15) is 38.7 Å². The molecule has 1 aromatic carbocycles. The highest BCUT2D eigenvalue weighted by Crippen LogP contribution is 2.44. The number of ether oxygens (including phenoxy) is 1. The third-order valence-corrected chi connectivity index (χ3v) is 4.53. The van der Waals surface area contributed by atoms with Gasteiger partial charge in [-0.25, -0.2) is 0 Å².